The largest absolute Gasteiger partial charge is 0.345 e. The normalized spacial score (nSPS) is 20.5. The van der Waals surface area contributed by atoms with E-state index in [9.17, 15) is 9.59 Å². The Hall–Kier alpha value is -2.43. The number of hydrogen-bond donors (Lipinski definition) is 2. The number of carbonyl (C=O) groups is 2. The molecule has 1 aromatic heterocycles. The average molecular weight is 325 g/mol. The van der Waals surface area contributed by atoms with Crippen LogP contribution in [0.3, 0.4) is 0 Å². The predicted octanol–water partition coefficient (Wildman–Crippen LogP) is 3.26. The van der Waals surface area contributed by atoms with Gasteiger partial charge in [0.25, 0.3) is 0 Å². The summed E-state index contributed by atoms with van der Waals surface area (Å²) >= 11 is 0. The number of hydrogen-bond acceptors (Lipinski definition) is 3. The van der Waals surface area contributed by atoms with Crippen LogP contribution in [0, 0.1) is 5.92 Å². The quantitative estimate of drug-likeness (QED) is 0.851. The van der Waals surface area contributed by atoms with Crippen LogP contribution in [0.15, 0.2) is 36.7 Å². The van der Waals surface area contributed by atoms with Gasteiger partial charge in [-0.25, -0.2) is 0 Å². The number of nitrogens with zero attached hydrogens (tertiary/aromatic N) is 1. The second kappa shape index (κ2) is 7.43. The Kier molecular flexibility index (Phi) is 5.08. The molecular weight excluding hydrogens is 302 g/mol. The highest BCUT2D eigenvalue weighted by Gasteiger charge is 2.24. The predicted molar refractivity (Wildman–Crippen MR) is 94.6 cm³/mol. The van der Waals surface area contributed by atoms with Gasteiger partial charge in [-0.1, -0.05) is 38.3 Å². The fraction of sp³-hybridized carbons (Fsp3) is 0.421. The Labute approximate surface area is 141 Å². The molecule has 1 saturated carbocycles. The molecule has 5 heteroatoms. The third-order valence-electron chi connectivity index (χ3n) is 4.83. The van der Waals surface area contributed by atoms with Crippen LogP contribution in [-0.2, 0) is 9.59 Å². The minimum Gasteiger partial charge on any atom is -0.345 e. The molecule has 5 nitrogen and oxygen atoms in total. The van der Waals surface area contributed by atoms with Crippen molar-refractivity contribution < 1.29 is 9.59 Å². The number of fused-ring (bicyclic) bond motifs is 1. The van der Waals surface area contributed by atoms with Crippen LogP contribution < -0.4 is 10.6 Å². The minimum atomic E-state index is -0.613. The van der Waals surface area contributed by atoms with E-state index in [0.717, 1.165) is 36.5 Å². The summed E-state index contributed by atoms with van der Waals surface area (Å²) in [5.41, 5.74) is 0.630. The molecule has 1 aliphatic carbocycles. The lowest BCUT2D eigenvalue weighted by molar-refractivity contribution is -0.136. The number of carbonyl (C=O) groups excluding carboxylic acids is 2. The van der Waals surface area contributed by atoms with Crippen molar-refractivity contribution in [2.45, 2.75) is 45.1 Å². The molecule has 2 amide bonds. The van der Waals surface area contributed by atoms with Gasteiger partial charge in [0, 0.05) is 34.9 Å². The molecule has 1 aliphatic rings. The zero-order valence-electron chi connectivity index (χ0n) is 13.9. The number of rotatable bonds is 3. The Morgan fingerprint density at radius 1 is 1.21 bits per heavy atom. The van der Waals surface area contributed by atoms with Crippen molar-refractivity contribution in [2.75, 3.05) is 5.32 Å². The van der Waals surface area contributed by atoms with Gasteiger partial charge in [0.05, 0.1) is 0 Å². The maximum atomic E-state index is 12.2. The molecule has 1 fully saturated rings. The summed E-state index contributed by atoms with van der Waals surface area (Å²) in [5, 5.41) is 7.41. The number of benzene rings is 1. The van der Waals surface area contributed by atoms with E-state index < -0.39 is 11.8 Å². The van der Waals surface area contributed by atoms with Gasteiger partial charge in [0.15, 0.2) is 0 Å². The lowest BCUT2D eigenvalue weighted by Gasteiger charge is -2.28. The van der Waals surface area contributed by atoms with Gasteiger partial charge in [-0.05, 0) is 30.9 Å². The first kappa shape index (κ1) is 16.4. The summed E-state index contributed by atoms with van der Waals surface area (Å²) in [6, 6.07) is 7.49. The first-order valence-electron chi connectivity index (χ1n) is 8.62. The van der Waals surface area contributed by atoms with Crippen LogP contribution in [0.5, 0.6) is 0 Å². The first-order chi connectivity index (χ1) is 11.7. The van der Waals surface area contributed by atoms with Gasteiger partial charge in [-0.15, -0.1) is 0 Å². The number of pyridine rings is 1. The van der Waals surface area contributed by atoms with Crippen LogP contribution >= 0.6 is 0 Å². The van der Waals surface area contributed by atoms with Crippen molar-refractivity contribution >= 4 is 28.3 Å². The van der Waals surface area contributed by atoms with Crippen molar-refractivity contribution in [2.24, 2.45) is 5.92 Å². The van der Waals surface area contributed by atoms with Crippen molar-refractivity contribution in [3.05, 3.63) is 36.7 Å². The SMILES string of the molecule is CC[C@H]1CCC[C@H](NC(=O)C(=O)Nc2cccc3cnccc23)C1. The molecule has 0 unspecified atom stereocenters. The molecular formula is C19H23N3O2. The Morgan fingerprint density at radius 3 is 2.92 bits per heavy atom. The van der Waals surface area contributed by atoms with Gasteiger partial charge in [0.2, 0.25) is 0 Å². The van der Waals surface area contributed by atoms with E-state index in [4.69, 9.17) is 0 Å². The van der Waals surface area contributed by atoms with E-state index in [1.165, 1.54) is 6.42 Å². The zero-order valence-corrected chi connectivity index (χ0v) is 13.9. The molecule has 3 rings (SSSR count). The summed E-state index contributed by atoms with van der Waals surface area (Å²) < 4.78 is 0. The third kappa shape index (κ3) is 3.72. The fourth-order valence-corrected chi connectivity index (χ4v) is 3.45. The third-order valence-corrected chi connectivity index (χ3v) is 4.83. The Balaban J connectivity index is 1.64. The summed E-state index contributed by atoms with van der Waals surface area (Å²) in [6.07, 6.45) is 8.79. The van der Waals surface area contributed by atoms with Crippen LogP contribution in [0.25, 0.3) is 10.8 Å². The number of anilines is 1. The van der Waals surface area contributed by atoms with E-state index in [1.54, 1.807) is 18.5 Å². The van der Waals surface area contributed by atoms with Crippen molar-refractivity contribution in [1.29, 1.82) is 0 Å². The van der Waals surface area contributed by atoms with E-state index in [-0.39, 0.29) is 6.04 Å². The van der Waals surface area contributed by atoms with Crippen molar-refractivity contribution in [1.82, 2.24) is 10.3 Å². The van der Waals surface area contributed by atoms with Crippen molar-refractivity contribution in [3.8, 4) is 0 Å². The standard InChI is InChI=1S/C19H23N3O2/c1-2-13-5-3-7-15(11-13)21-18(23)19(24)22-17-8-4-6-14-12-20-10-9-16(14)17/h4,6,8-10,12-13,15H,2-3,5,7,11H2,1H3,(H,21,23)(H,22,24)/t13-,15-/m0/s1. The van der Waals surface area contributed by atoms with Gasteiger partial charge < -0.3 is 10.6 Å². The lowest BCUT2D eigenvalue weighted by atomic mass is 9.84. The second-order valence-electron chi connectivity index (χ2n) is 6.47. The highest BCUT2D eigenvalue weighted by atomic mass is 16.2. The van der Waals surface area contributed by atoms with E-state index in [2.05, 4.69) is 22.5 Å². The minimum absolute atomic E-state index is 0.110. The molecule has 0 aliphatic heterocycles. The summed E-state index contributed by atoms with van der Waals surface area (Å²) in [6.45, 7) is 2.18. The number of aromatic nitrogens is 1. The molecule has 126 valence electrons. The number of amides is 2. The van der Waals surface area contributed by atoms with Gasteiger partial charge >= 0.3 is 11.8 Å². The monoisotopic (exact) mass is 325 g/mol. The van der Waals surface area contributed by atoms with Gasteiger partial charge in [-0.2, -0.15) is 0 Å². The molecule has 2 aromatic rings. The average Bonchev–Trinajstić information content (AvgIpc) is 2.62. The molecule has 1 heterocycles. The first-order valence-corrected chi connectivity index (χ1v) is 8.62. The van der Waals surface area contributed by atoms with Crippen molar-refractivity contribution in [3.63, 3.8) is 0 Å². The molecule has 2 atom stereocenters. The zero-order chi connectivity index (χ0) is 16.9. The molecule has 1 aromatic carbocycles. The van der Waals surface area contributed by atoms with E-state index >= 15 is 0 Å². The van der Waals surface area contributed by atoms with E-state index in [0.29, 0.717) is 11.6 Å². The summed E-state index contributed by atoms with van der Waals surface area (Å²) in [7, 11) is 0. The van der Waals surface area contributed by atoms with Crippen LogP contribution in [0.4, 0.5) is 5.69 Å². The maximum absolute atomic E-state index is 12.2. The van der Waals surface area contributed by atoms with Crippen LogP contribution in [-0.4, -0.2) is 22.8 Å². The lowest BCUT2D eigenvalue weighted by Crippen LogP contribution is -2.43. The van der Waals surface area contributed by atoms with Gasteiger partial charge in [-0.3, -0.25) is 14.6 Å². The topological polar surface area (TPSA) is 71.1 Å². The van der Waals surface area contributed by atoms with Crippen LogP contribution in [0.1, 0.15) is 39.0 Å². The maximum Gasteiger partial charge on any atom is 0.313 e. The fourth-order valence-electron chi connectivity index (χ4n) is 3.45. The van der Waals surface area contributed by atoms with E-state index in [1.807, 2.05) is 18.2 Å². The second-order valence-corrected chi connectivity index (χ2v) is 6.47. The summed E-state index contributed by atoms with van der Waals surface area (Å²) in [4.78, 5) is 28.5. The van der Waals surface area contributed by atoms with Crippen LogP contribution in [0.2, 0.25) is 0 Å². The Bertz CT molecular complexity index is 739. The Morgan fingerprint density at radius 2 is 2.08 bits per heavy atom. The summed E-state index contributed by atoms with van der Waals surface area (Å²) in [5.74, 6) is -0.515. The molecule has 0 saturated heterocycles. The molecule has 2 N–H and O–H groups in total. The molecule has 0 radical (unpaired) electrons. The number of nitrogens with one attached hydrogen (secondary N) is 2. The highest BCUT2D eigenvalue weighted by molar-refractivity contribution is 6.40. The van der Waals surface area contributed by atoms with Gasteiger partial charge in [0.1, 0.15) is 0 Å². The molecule has 0 spiro atoms. The highest BCUT2D eigenvalue weighted by Crippen LogP contribution is 2.26. The molecule has 0 bridgehead atoms. The smallest absolute Gasteiger partial charge is 0.313 e. The molecule has 24 heavy (non-hydrogen) atoms.